The molecular formula is C28H36O7. The molecule has 7 nitrogen and oxygen atoms in total. The van der Waals surface area contributed by atoms with Gasteiger partial charge in [0.2, 0.25) is 0 Å². The van der Waals surface area contributed by atoms with Crippen LogP contribution in [0.4, 0.5) is 0 Å². The maximum absolute atomic E-state index is 13.5. The zero-order valence-corrected chi connectivity index (χ0v) is 21.2. The van der Waals surface area contributed by atoms with Crippen LogP contribution >= 0.6 is 0 Å². The van der Waals surface area contributed by atoms with Crippen molar-refractivity contribution in [1.29, 1.82) is 0 Å². The van der Waals surface area contributed by atoms with Crippen molar-refractivity contribution in [2.24, 2.45) is 34.5 Å². The smallest absolute Gasteiger partial charge is 0.334 e. The number of epoxide rings is 1. The van der Waals surface area contributed by atoms with Crippen LogP contribution in [0.1, 0.15) is 66.7 Å². The molecule has 3 aliphatic heterocycles. The number of cyclic esters (lactones) is 1. The molecule has 4 aliphatic carbocycles. The van der Waals surface area contributed by atoms with Gasteiger partial charge >= 0.3 is 5.97 Å². The first-order chi connectivity index (χ1) is 16.4. The van der Waals surface area contributed by atoms with E-state index in [1.165, 1.54) is 0 Å². The first-order valence-corrected chi connectivity index (χ1v) is 13.3. The van der Waals surface area contributed by atoms with Gasteiger partial charge < -0.3 is 24.4 Å². The van der Waals surface area contributed by atoms with E-state index in [-0.39, 0.29) is 47.9 Å². The van der Waals surface area contributed by atoms with E-state index in [1.807, 2.05) is 33.8 Å². The highest BCUT2D eigenvalue weighted by Gasteiger charge is 2.83. The van der Waals surface area contributed by atoms with Crippen LogP contribution in [-0.2, 0) is 23.8 Å². The fourth-order valence-corrected chi connectivity index (χ4v) is 9.96. The van der Waals surface area contributed by atoms with Gasteiger partial charge in [0.15, 0.2) is 17.7 Å². The van der Waals surface area contributed by atoms with Gasteiger partial charge in [-0.05, 0) is 75.9 Å². The van der Waals surface area contributed by atoms with E-state index in [1.54, 1.807) is 13.0 Å². The number of hydrogen-bond acceptors (Lipinski definition) is 7. The number of hydrogen-bond donors (Lipinski definition) is 2. The minimum Gasteiger partial charge on any atom is -0.452 e. The number of esters is 1. The standard InChI is InChI=1S/C28H36O7/c1-13-14(2)23(30)33-21(13)22-15(3)26(31)10-8-17-16-11-20-27(34-20)9-6-7-19(29)24(27,4)18(16)12-28(32,35-22)25(17,26)5/h6-7,15-18,20-22,31-32H,8-12H2,1-5H3/t15-,16+,17+,18+,20-,21+,22+,24+,25+,26-,27-,28+/m1/s1. The van der Waals surface area contributed by atoms with Crippen LogP contribution < -0.4 is 0 Å². The van der Waals surface area contributed by atoms with Crippen LogP contribution in [0, 0.1) is 34.5 Å². The van der Waals surface area contributed by atoms with Crippen LogP contribution in [0.15, 0.2) is 23.3 Å². The number of ketones is 1. The van der Waals surface area contributed by atoms with E-state index in [4.69, 9.17) is 14.2 Å². The predicted octanol–water partition coefficient (Wildman–Crippen LogP) is 2.83. The Morgan fingerprint density at radius 1 is 1.09 bits per heavy atom. The molecule has 1 spiro atoms. The summed E-state index contributed by atoms with van der Waals surface area (Å²) in [4.78, 5) is 25.8. The highest BCUT2D eigenvalue weighted by molar-refractivity contribution is 5.97. The third-order valence-electron chi connectivity index (χ3n) is 12.4. The topological polar surface area (TPSA) is 106 Å². The number of aliphatic hydroxyl groups is 2. The predicted molar refractivity (Wildman–Crippen MR) is 124 cm³/mol. The lowest BCUT2D eigenvalue weighted by atomic mass is 9.42. The number of allylic oxidation sites excluding steroid dienone is 1. The van der Waals surface area contributed by atoms with Crippen LogP contribution in [0.5, 0.6) is 0 Å². The van der Waals surface area contributed by atoms with Crippen molar-refractivity contribution < 1.29 is 34.0 Å². The van der Waals surface area contributed by atoms with Crippen molar-refractivity contribution in [2.45, 2.75) is 102 Å². The van der Waals surface area contributed by atoms with Gasteiger partial charge in [0.05, 0.1) is 22.5 Å². The Kier molecular flexibility index (Phi) is 4.07. The summed E-state index contributed by atoms with van der Waals surface area (Å²) >= 11 is 0. The Bertz CT molecular complexity index is 1130. The maximum Gasteiger partial charge on any atom is 0.334 e. The Hall–Kier alpha value is -1.54. The van der Waals surface area contributed by atoms with Crippen molar-refractivity contribution in [3.63, 3.8) is 0 Å². The van der Waals surface area contributed by atoms with Gasteiger partial charge in [-0.1, -0.05) is 19.9 Å². The Balaban J connectivity index is 1.35. The molecule has 7 heteroatoms. The number of ether oxygens (including phenoxy) is 3. The summed E-state index contributed by atoms with van der Waals surface area (Å²) < 4.78 is 18.7. The highest BCUT2D eigenvalue weighted by atomic mass is 16.7. The summed E-state index contributed by atoms with van der Waals surface area (Å²) in [6.07, 6.45) is 5.49. The summed E-state index contributed by atoms with van der Waals surface area (Å²) in [5.74, 6) is -2.26. The molecule has 0 amide bonds. The average molecular weight is 485 g/mol. The van der Waals surface area contributed by atoms with Crippen LogP contribution in [0.2, 0.25) is 0 Å². The van der Waals surface area contributed by atoms with Gasteiger partial charge in [-0.25, -0.2) is 4.79 Å². The lowest BCUT2D eigenvalue weighted by Crippen LogP contribution is -2.76. The first kappa shape index (κ1) is 22.6. The van der Waals surface area contributed by atoms with E-state index in [0.29, 0.717) is 12.0 Å². The quantitative estimate of drug-likeness (QED) is 0.436. The molecule has 2 N–H and O–H groups in total. The van der Waals surface area contributed by atoms with Crippen LogP contribution in [0.3, 0.4) is 0 Å². The molecule has 5 fully saturated rings. The number of carbonyl (C=O) groups is 2. The lowest BCUT2D eigenvalue weighted by Gasteiger charge is -2.67. The average Bonchev–Trinajstić information content (AvgIpc) is 3.36. The van der Waals surface area contributed by atoms with Gasteiger partial charge in [0.25, 0.3) is 0 Å². The normalized spacial score (nSPS) is 60.0. The Labute approximate surface area is 205 Å². The monoisotopic (exact) mass is 484 g/mol. The Morgan fingerprint density at radius 2 is 1.83 bits per heavy atom. The summed E-state index contributed by atoms with van der Waals surface area (Å²) in [6, 6.07) is 0. The van der Waals surface area contributed by atoms with E-state index in [2.05, 4.69) is 0 Å². The largest absolute Gasteiger partial charge is 0.452 e. The second-order valence-electron chi connectivity index (χ2n) is 12.9. The summed E-state index contributed by atoms with van der Waals surface area (Å²) in [6.45, 7) is 9.59. The zero-order valence-electron chi connectivity index (χ0n) is 21.2. The fourth-order valence-electron chi connectivity index (χ4n) is 9.96. The number of fused-ring (bicyclic) bond motifs is 3. The molecule has 0 bridgehead atoms. The SMILES string of the molecule is CC1=C(C)[C@@H]([C@H]2O[C@@]3(O)C[C@H]4[C@@H](C[C@H]5O[C@]56CC=CC(=O)[C@]46C)[C@@H]4CC[C@@](O)([C@@H]2C)[C@]43C)OC1=O. The van der Waals surface area contributed by atoms with Crippen molar-refractivity contribution in [2.75, 3.05) is 0 Å². The molecule has 0 unspecified atom stereocenters. The second-order valence-corrected chi connectivity index (χ2v) is 12.9. The number of rotatable bonds is 1. The van der Waals surface area contributed by atoms with Crippen LogP contribution in [0.25, 0.3) is 0 Å². The molecule has 0 radical (unpaired) electrons. The van der Waals surface area contributed by atoms with Gasteiger partial charge in [-0.2, -0.15) is 0 Å². The molecule has 35 heavy (non-hydrogen) atoms. The van der Waals surface area contributed by atoms with Crippen molar-refractivity contribution in [3.05, 3.63) is 23.3 Å². The molecule has 7 aliphatic rings. The molecule has 3 saturated carbocycles. The van der Waals surface area contributed by atoms with Gasteiger partial charge in [0, 0.05) is 17.9 Å². The van der Waals surface area contributed by atoms with Gasteiger partial charge in [-0.3, -0.25) is 4.79 Å². The molecule has 190 valence electrons. The fraction of sp³-hybridized carbons (Fsp3) is 0.786. The van der Waals surface area contributed by atoms with E-state index >= 15 is 0 Å². The molecule has 0 aromatic rings. The molecule has 7 rings (SSSR count). The van der Waals surface area contributed by atoms with Crippen molar-refractivity contribution in [1.82, 2.24) is 0 Å². The van der Waals surface area contributed by atoms with Crippen LogP contribution in [-0.4, -0.2) is 57.3 Å². The third kappa shape index (κ3) is 2.18. The Morgan fingerprint density at radius 3 is 2.51 bits per heavy atom. The summed E-state index contributed by atoms with van der Waals surface area (Å²) in [5.41, 5.74) is -1.95. The van der Waals surface area contributed by atoms with E-state index in [9.17, 15) is 19.8 Å². The van der Waals surface area contributed by atoms with Gasteiger partial charge in [0.1, 0.15) is 11.7 Å². The summed E-state index contributed by atoms with van der Waals surface area (Å²) in [5, 5.41) is 24.8. The zero-order chi connectivity index (χ0) is 24.9. The van der Waals surface area contributed by atoms with E-state index < -0.39 is 40.0 Å². The first-order valence-electron chi connectivity index (χ1n) is 13.3. The molecule has 3 heterocycles. The molecular weight excluding hydrogens is 448 g/mol. The number of carbonyl (C=O) groups excluding carboxylic acids is 2. The van der Waals surface area contributed by atoms with Gasteiger partial charge in [-0.15, -0.1) is 0 Å². The molecule has 0 aromatic heterocycles. The lowest BCUT2D eigenvalue weighted by molar-refractivity contribution is -0.414. The van der Waals surface area contributed by atoms with Crippen molar-refractivity contribution >= 4 is 11.8 Å². The van der Waals surface area contributed by atoms with E-state index in [0.717, 1.165) is 24.8 Å². The molecule has 12 atom stereocenters. The minimum atomic E-state index is -1.65. The second kappa shape index (κ2) is 6.29. The maximum atomic E-state index is 13.5. The highest BCUT2D eigenvalue weighted by Crippen LogP contribution is 2.77. The molecule has 0 aromatic carbocycles. The minimum absolute atomic E-state index is 0.00175. The molecule has 2 saturated heterocycles. The summed E-state index contributed by atoms with van der Waals surface area (Å²) in [7, 11) is 0. The van der Waals surface area contributed by atoms with Crippen molar-refractivity contribution in [3.8, 4) is 0 Å². The third-order valence-corrected chi connectivity index (χ3v) is 12.4.